The smallest absolute Gasteiger partial charge is 0.321 e. The van der Waals surface area contributed by atoms with E-state index in [0.29, 0.717) is 30.5 Å². The van der Waals surface area contributed by atoms with E-state index in [1.54, 1.807) is 31.2 Å². The molecule has 4 amide bonds. The summed E-state index contributed by atoms with van der Waals surface area (Å²) in [5.41, 5.74) is 4.99. The van der Waals surface area contributed by atoms with E-state index in [-0.39, 0.29) is 26.2 Å². The normalized spacial score (nSPS) is 15.2. The number of rotatable bonds is 11. The number of esters is 1. The highest BCUT2D eigenvalue weighted by atomic mass is 16.5. The van der Waals surface area contributed by atoms with Gasteiger partial charge in [-0.25, -0.2) is 4.79 Å². The molecule has 170 valence electrons. The number of aliphatic hydroxyl groups is 1. The van der Waals surface area contributed by atoms with Crippen LogP contribution < -0.4 is 21.7 Å². The van der Waals surface area contributed by atoms with Crippen LogP contribution in [0.2, 0.25) is 0 Å². The molecule has 1 unspecified atom stereocenters. The van der Waals surface area contributed by atoms with Gasteiger partial charge >= 0.3 is 12.0 Å². The zero-order valence-electron chi connectivity index (χ0n) is 17.6. The van der Waals surface area contributed by atoms with E-state index in [9.17, 15) is 19.2 Å². The molecule has 10 nitrogen and oxygen atoms in total. The molecular formula is C21H30N4O6. The lowest BCUT2D eigenvalue weighted by molar-refractivity contribution is -0.167. The molecule has 0 bridgehead atoms. The van der Waals surface area contributed by atoms with Gasteiger partial charge in [0.05, 0.1) is 13.2 Å². The van der Waals surface area contributed by atoms with Crippen molar-refractivity contribution < 1.29 is 29.0 Å². The van der Waals surface area contributed by atoms with Gasteiger partial charge in [0.1, 0.15) is 11.5 Å². The quantitative estimate of drug-likeness (QED) is 0.197. The third-order valence-corrected chi connectivity index (χ3v) is 5.30. The van der Waals surface area contributed by atoms with E-state index >= 15 is 0 Å². The molecule has 1 aliphatic rings. The van der Waals surface area contributed by atoms with Gasteiger partial charge in [0, 0.05) is 12.2 Å². The third-order valence-electron chi connectivity index (χ3n) is 5.30. The van der Waals surface area contributed by atoms with Crippen LogP contribution in [0, 0.1) is 5.41 Å². The number of hydrogen-bond acceptors (Lipinski definition) is 6. The lowest BCUT2D eigenvalue weighted by Gasteiger charge is -2.38. The molecule has 6 N–H and O–H groups in total. The van der Waals surface area contributed by atoms with Crippen molar-refractivity contribution in [2.45, 2.75) is 51.7 Å². The van der Waals surface area contributed by atoms with Gasteiger partial charge in [-0.2, -0.15) is 0 Å². The lowest BCUT2D eigenvalue weighted by Crippen LogP contribution is -2.56. The van der Waals surface area contributed by atoms with Crippen LogP contribution in [0.4, 0.5) is 10.5 Å². The second-order valence-corrected chi connectivity index (χ2v) is 7.46. The zero-order valence-corrected chi connectivity index (χ0v) is 17.6. The Morgan fingerprint density at radius 1 is 1.19 bits per heavy atom. The van der Waals surface area contributed by atoms with Crippen molar-refractivity contribution in [3.8, 4) is 0 Å². The molecule has 0 aliphatic heterocycles. The fraction of sp³-hybridized carbons (Fsp3) is 0.524. The van der Waals surface area contributed by atoms with Gasteiger partial charge in [-0.05, 0) is 50.3 Å². The number of carbonyl (C=O) groups is 4. The van der Waals surface area contributed by atoms with Crippen molar-refractivity contribution in [1.29, 1.82) is 0 Å². The number of nitrogens with two attached hydrogens (primary N) is 1. The topological polar surface area (TPSA) is 160 Å². The highest BCUT2D eigenvalue weighted by Crippen LogP contribution is 2.42. The molecule has 1 atom stereocenters. The standard InChI is InChI=1S/C21H30N4O6/c1-2-31-19(29)21(10-4-11-21)18(28)25-16(5-3-12-23-20(22)30)17(27)24-15-8-6-14(13-26)7-9-15/h6-9,16,26H,2-5,10-13H2,1H3,(H,24,27)(H,25,28)(H3,22,23,30). The fourth-order valence-corrected chi connectivity index (χ4v) is 3.33. The monoisotopic (exact) mass is 434 g/mol. The molecule has 0 heterocycles. The number of nitrogens with one attached hydrogen (secondary N) is 3. The summed E-state index contributed by atoms with van der Waals surface area (Å²) in [4.78, 5) is 49.0. The van der Waals surface area contributed by atoms with E-state index in [2.05, 4.69) is 16.0 Å². The second kappa shape index (κ2) is 11.3. The van der Waals surface area contributed by atoms with Gasteiger partial charge in [0.15, 0.2) is 0 Å². The minimum Gasteiger partial charge on any atom is -0.465 e. The van der Waals surface area contributed by atoms with Gasteiger partial charge in [0.25, 0.3) is 0 Å². The first-order valence-electron chi connectivity index (χ1n) is 10.3. The Bertz CT molecular complexity index is 792. The van der Waals surface area contributed by atoms with E-state index in [1.165, 1.54) is 0 Å². The largest absolute Gasteiger partial charge is 0.465 e. The molecule has 1 saturated carbocycles. The van der Waals surface area contributed by atoms with Crippen LogP contribution in [0.5, 0.6) is 0 Å². The van der Waals surface area contributed by atoms with Crippen LogP contribution >= 0.6 is 0 Å². The zero-order chi connectivity index (χ0) is 22.9. The third kappa shape index (κ3) is 6.42. The van der Waals surface area contributed by atoms with Crippen molar-refractivity contribution in [1.82, 2.24) is 10.6 Å². The summed E-state index contributed by atoms with van der Waals surface area (Å²) in [7, 11) is 0. The van der Waals surface area contributed by atoms with Crippen molar-refractivity contribution >= 4 is 29.5 Å². The van der Waals surface area contributed by atoms with Gasteiger partial charge in [0.2, 0.25) is 11.8 Å². The van der Waals surface area contributed by atoms with Crippen LogP contribution in [0.15, 0.2) is 24.3 Å². The highest BCUT2D eigenvalue weighted by molar-refractivity contribution is 6.06. The summed E-state index contributed by atoms with van der Waals surface area (Å²) in [5, 5.41) is 17.0. The Balaban J connectivity index is 2.08. The molecular weight excluding hydrogens is 404 g/mol. The first-order chi connectivity index (χ1) is 14.8. The Morgan fingerprint density at radius 2 is 1.87 bits per heavy atom. The molecule has 0 aromatic heterocycles. The Morgan fingerprint density at radius 3 is 2.39 bits per heavy atom. The van der Waals surface area contributed by atoms with Gasteiger partial charge in [-0.1, -0.05) is 18.6 Å². The molecule has 2 rings (SSSR count). The molecule has 1 fully saturated rings. The fourth-order valence-electron chi connectivity index (χ4n) is 3.33. The Hall–Kier alpha value is -3.14. The van der Waals surface area contributed by atoms with Crippen LogP contribution in [-0.2, 0) is 25.7 Å². The van der Waals surface area contributed by atoms with E-state index in [4.69, 9.17) is 15.6 Å². The molecule has 1 aromatic rings. The van der Waals surface area contributed by atoms with E-state index < -0.39 is 35.3 Å². The average Bonchev–Trinajstić information content (AvgIpc) is 2.70. The molecule has 31 heavy (non-hydrogen) atoms. The number of aliphatic hydroxyl groups excluding tert-OH is 1. The number of carbonyl (C=O) groups excluding carboxylic acids is 4. The number of amides is 4. The van der Waals surface area contributed by atoms with Crippen LogP contribution in [0.3, 0.4) is 0 Å². The highest BCUT2D eigenvalue weighted by Gasteiger charge is 2.52. The van der Waals surface area contributed by atoms with E-state index in [1.807, 2.05) is 0 Å². The number of urea groups is 1. The van der Waals surface area contributed by atoms with Gasteiger partial charge < -0.3 is 31.5 Å². The molecule has 1 aromatic carbocycles. The van der Waals surface area contributed by atoms with Crippen molar-refractivity contribution in [2.75, 3.05) is 18.5 Å². The second-order valence-electron chi connectivity index (χ2n) is 7.46. The summed E-state index contributed by atoms with van der Waals surface area (Å²) in [6, 6.07) is 5.02. The number of ether oxygens (including phenoxy) is 1. The molecule has 0 spiro atoms. The summed E-state index contributed by atoms with van der Waals surface area (Å²) in [5.74, 6) is -1.56. The van der Waals surface area contributed by atoms with Crippen molar-refractivity contribution in [3.63, 3.8) is 0 Å². The maximum atomic E-state index is 12.9. The lowest BCUT2D eigenvalue weighted by atomic mass is 9.68. The van der Waals surface area contributed by atoms with Gasteiger partial charge in [-0.15, -0.1) is 0 Å². The SMILES string of the molecule is CCOC(=O)C1(C(=O)NC(CCCNC(N)=O)C(=O)Nc2ccc(CO)cc2)CCC1. The summed E-state index contributed by atoms with van der Waals surface area (Å²) in [6.45, 7) is 1.96. The Labute approximate surface area is 180 Å². The Kier molecular flexibility index (Phi) is 8.80. The number of primary amides is 1. The first kappa shape index (κ1) is 24.1. The predicted molar refractivity (Wildman–Crippen MR) is 113 cm³/mol. The van der Waals surface area contributed by atoms with Crippen molar-refractivity contribution in [3.05, 3.63) is 29.8 Å². The van der Waals surface area contributed by atoms with Crippen LogP contribution in [0.25, 0.3) is 0 Å². The number of anilines is 1. The minimum absolute atomic E-state index is 0.115. The molecule has 0 saturated heterocycles. The van der Waals surface area contributed by atoms with Crippen LogP contribution in [-0.4, -0.2) is 48.1 Å². The molecule has 10 heteroatoms. The van der Waals surface area contributed by atoms with Crippen LogP contribution in [0.1, 0.15) is 44.6 Å². The average molecular weight is 434 g/mol. The maximum absolute atomic E-state index is 12.9. The molecule has 0 radical (unpaired) electrons. The molecule has 1 aliphatic carbocycles. The predicted octanol–water partition coefficient (Wildman–Crippen LogP) is 0.784. The summed E-state index contributed by atoms with van der Waals surface area (Å²) in [6.07, 6.45) is 2.08. The number of hydrogen-bond donors (Lipinski definition) is 5. The van der Waals surface area contributed by atoms with Crippen molar-refractivity contribution in [2.24, 2.45) is 11.1 Å². The maximum Gasteiger partial charge on any atom is 0.321 e. The first-order valence-corrected chi connectivity index (χ1v) is 10.3. The minimum atomic E-state index is -1.26. The number of benzene rings is 1. The van der Waals surface area contributed by atoms with E-state index in [0.717, 1.165) is 6.42 Å². The van der Waals surface area contributed by atoms with Gasteiger partial charge in [-0.3, -0.25) is 14.4 Å². The summed E-state index contributed by atoms with van der Waals surface area (Å²) < 4.78 is 5.07. The summed E-state index contributed by atoms with van der Waals surface area (Å²) >= 11 is 0.